The first-order chi connectivity index (χ1) is 11.5. The molecule has 1 atom stereocenters. The summed E-state index contributed by atoms with van der Waals surface area (Å²) >= 11 is 5.96. The Morgan fingerprint density at radius 2 is 2.17 bits per heavy atom. The van der Waals surface area contributed by atoms with Crippen LogP contribution in [-0.4, -0.2) is 31.3 Å². The van der Waals surface area contributed by atoms with E-state index in [0.29, 0.717) is 40.7 Å². The number of ether oxygens (including phenoxy) is 2. The summed E-state index contributed by atoms with van der Waals surface area (Å²) in [7, 11) is 1.49. The molecule has 1 aliphatic heterocycles. The fraction of sp³-hybridized carbons (Fsp3) is 0.278. The molecule has 126 valence electrons. The lowest BCUT2D eigenvalue weighted by Gasteiger charge is -2.34. The molecule has 0 fully saturated rings. The van der Waals surface area contributed by atoms with Crippen LogP contribution in [0, 0.1) is 0 Å². The maximum absolute atomic E-state index is 12.5. The van der Waals surface area contributed by atoms with Crippen molar-refractivity contribution in [3.05, 3.63) is 58.6 Å². The monoisotopic (exact) mass is 347 g/mol. The van der Waals surface area contributed by atoms with E-state index in [4.69, 9.17) is 21.1 Å². The van der Waals surface area contributed by atoms with E-state index in [9.17, 15) is 9.90 Å². The van der Waals surface area contributed by atoms with E-state index in [2.05, 4.69) is 5.32 Å². The van der Waals surface area contributed by atoms with Crippen molar-refractivity contribution in [1.29, 1.82) is 0 Å². The van der Waals surface area contributed by atoms with Crippen molar-refractivity contribution in [1.82, 2.24) is 5.32 Å². The third-order valence-electron chi connectivity index (χ3n) is 4.11. The van der Waals surface area contributed by atoms with Gasteiger partial charge in [-0.05, 0) is 24.3 Å². The lowest BCUT2D eigenvalue weighted by Crippen LogP contribution is -2.44. The zero-order valence-electron chi connectivity index (χ0n) is 13.2. The average Bonchev–Trinajstić information content (AvgIpc) is 2.60. The first-order valence-corrected chi connectivity index (χ1v) is 7.98. The minimum Gasteiger partial charge on any atom is -0.496 e. The highest BCUT2D eigenvalue weighted by molar-refractivity contribution is 6.31. The Labute approximate surface area is 145 Å². The predicted octanol–water partition coefficient (Wildman–Crippen LogP) is 2.75. The van der Waals surface area contributed by atoms with Crippen molar-refractivity contribution < 1.29 is 19.4 Å². The molecule has 3 rings (SSSR count). The molecule has 24 heavy (non-hydrogen) atoms. The van der Waals surface area contributed by atoms with Crippen LogP contribution in [0.1, 0.15) is 22.3 Å². The van der Waals surface area contributed by atoms with Gasteiger partial charge in [-0.2, -0.15) is 0 Å². The topological polar surface area (TPSA) is 67.8 Å². The van der Waals surface area contributed by atoms with E-state index in [0.717, 1.165) is 0 Å². The third kappa shape index (κ3) is 3.18. The first kappa shape index (κ1) is 16.6. The second-order valence-corrected chi connectivity index (χ2v) is 6.09. The van der Waals surface area contributed by atoms with Crippen molar-refractivity contribution in [3.63, 3.8) is 0 Å². The SMILES string of the molecule is COc1ccc(Cl)cc1C(=O)NC[C@]1(O)CCOc2ccccc21. The Balaban J connectivity index is 1.79. The number of hydrogen-bond acceptors (Lipinski definition) is 4. The number of carbonyl (C=O) groups excluding carboxylic acids is 1. The zero-order valence-corrected chi connectivity index (χ0v) is 14.0. The van der Waals surface area contributed by atoms with Gasteiger partial charge >= 0.3 is 0 Å². The van der Waals surface area contributed by atoms with Crippen LogP contribution < -0.4 is 14.8 Å². The van der Waals surface area contributed by atoms with E-state index >= 15 is 0 Å². The summed E-state index contributed by atoms with van der Waals surface area (Å²) in [5, 5.41) is 14.2. The van der Waals surface area contributed by atoms with Crippen molar-refractivity contribution >= 4 is 17.5 Å². The number of fused-ring (bicyclic) bond motifs is 1. The molecule has 0 aromatic heterocycles. The van der Waals surface area contributed by atoms with Gasteiger partial charge in [-0.1, -0.05) is 29.8 Å². The molecule has 0 spiro atoms. The van der Waals surface area contributed by atoms with Gasteiger partial charge in [0.2, 0.25) is 0 Å². The van der Waals surface area contributed by atoms with Gasteiger partial charge in [0.05, 0.1) is 25.8 Å². The smallest absolute Gasteiger partial charge is 0.255 e. The van der Waals surface area contributed by atoms with Gasteiger partial charge in [-0.15, -0.1) is 0 Å². The van der Waals surface area contributed by atoms with E-state index in [1.165, 1.54) is 13.2 Å². The lowest BCUT2D eigenvalue weighted by molar-refractivity contribution is -0.00162. The number of carbonyl (C=O) groups is 1. The standard InChI is InChI=1S/C18H18ClNO4/c1-23-15-7-6-12(19)10-13(15)17(21)20-11-18(22)8-9-24-16-5-3-2-4-14(16)18/h2-7,10,22H,8-9,11H2,1H3,(H,20,21)/t18-/m1/s1. The Kier molecular flexibility index (Phi) is 4.64. The summed E-state index contributed by atoms with van der Waals surface area (Å²) in [6, 6.07) is 12.1. The Bertz CT molecular complexity index is 764. The molecule has 2 aromatic carbocycles. The van der Waals surface area contributed by atoms with Crippen LogP contribution in [0.5, 0.6) is 11.5 Å². The summed E-state index contributed by atoms with van der Waals surface area (Å²) in [5.41, 5.74) is -0.167. The summed E-state index contributed by atoms with van der Waals surface area (Å²) in [6.07, 6.45) is 0.400. The van der Waals surface area contributed by atoms with E-state index in [1.54, 1.807) is 24.3 Å². The molecule has 2 N–H and O–H groups in total. The maximum Gasteiger partial charge on any atom is 0.255 e. The normalized spacial score (nSPS) is 19.1. The van der Waals surface area contributed by atoms with Crippen molar-refractivity contribution in [2.75, 3.05) is 20.3 Å². The number of amides is 1. The largest absolute Gasteiger partial charge is 0.496 e. The second kappa shape index (κ2) is 6.71. The van der Waals surface area contributed by atoms with Crippen LogP contribution in [0.25, 0.3) is 0 Å². The van der Waals surface area contributed by atoms with Crippen LogP contribution in [0.3, 0.4) is 0 Å². The zero-order chi connectivity index (χ0) is 17.2. The molecule has 6 heteroatoms. The molecule has 1 amide bonds. The lowest BCUT2D eigenvalue weighted by atomic mass is 9.88. The van der Waals surface area contributed by atoms with Crippen LogP contribution in [-0.2, 0) is 5.60 Å². The van der Waals surface area contributed by atoms with Gasteiger partial charge in [0.25, 0.3) is 5.91 Å². The third-order valence-corrected chi connectivity index (χ3v) is 4.34. The van der Waals surface area contributed by atoms with Crippen LogP contribution in [0.2, 0.25) is 5.02 Å². The van der Waals surface area contributed by atoms with Gasteiger partial charge in [0.1, 0.15) is 17.1 Å². The van der Waals surface area contributed by atoms with E-state index in [-0.39, 0.29) is 12.5 Å². The van der Waals surface area contributed by atoms with Crippen LogP contribution >= 0.6 is 11.6 Å². The highest BCUT2D eigenvalue weighted by atomic mass is 35.5. The van der Waals surface area contributed by atoms with Crippen molar-refractivity contribution in [3.8, 4) is 11.5 Å². The van der Waals surface area contributed by atoms with Crippen LogP contribution in [0.15, 0.2) is 42.5 Å². The van der Waals surface area contributed by atoms with Gasteiger partial charge in [-0.25, -0.2) is 0 Å². The molecule has 0 radical (unpaired) electrons. The molecular weight excluding hydrogens is 330 g/mol. The number of halogens is 1. The quantitative estimate of drug-likeness (QED) is 0.892. The Hall–Kier alpha value is -2.24. The molecule has 1 aliphatic rings. The number of benzene rings is 2. The summed E-state index contributed by atoms with van der Waals surface area (Å²) in [5.74, 6) is 0.712. The molecule has 1 heterocycles. The number of aliphatic hydroxyl groups is 1. The maximum atomic E-state index is 12.5. The molecule has 0 unspecified atom stereocenters. The summed E-state index contributed by atoms with van der Waals surface area (Å²) < 4.78 is 10.7. The first-order valence-electron chi connectivity index (χ1n) is 7.60. The van der Waals surface area contributed by atoms with Gasteiger partial charge < -0.3 is 19.9 Å². The van der Waals surface area contributed by atoms with Crippen molar-refractivity contribution in [2.45, 2.75) is 12.0 Å². The van der Waals surface area contributed by atoms with Gasteiger partial charge in [0.15, 0.2) is 0 Å². The van der Waals surface area contributed by atoms with E-state index < -0.39 is 5.60 Å². The number of para-hydroxylation sites is 1. The van der Waals surface area contributed by atoms with Gasteiger partial charge in [0, 0.05) is 17.0 Å². The molecule has 2 aromatic rings. The molecule has 0 bridgehead atoms. The molecule has 0 saturated heterocycles. The van der Waals surface area contributed by atoms with E-state index in [1.807, 2.05) is 12.1 Å². The minimum absolute atomic E-state index is 0.0713. The van der Waals surface area contributed by atoms with Gasteiger partial charge in [-0.3, -0.25) is 4.79 Å². The minimum atomic E-state index is -1.17. The van der Waals surface area contributed by atoms with Crippen LogP contribution in [0.4, 0.5) is 0 Å². The Morgan fingerprint density at radius 3 is 2.96 bits per heavy atom. The molecular formula is C18H18ClNO4. The molecule has 0 aliphatic carbocycles. The molecule has 0 saturated carbocycles. The second-order valence-electron chi connectivity index (χ2n) is 5.65. The highest BCUT2D eigenvalue weighted by Crippen LogP contribution is 2.36. The molecule has 5 nitrogen and oxygen atoms in total. The fourth-order valence-electron chi connectivity index (χ4n) is 2.80. The number of rotatable bonds is 4. The Morgan fingerprint density at radius 1 is 1.38 bits per heavy atom. The summed E-state index contributed by atoms with van der Waals surface area (Å²) in [6.45, 7) is 0.464. The number of methoxy groups -OCH3 is 1. The number of nitrogens with one attached hydrogen (secondary N) is 1. The number of hydrogen-bond donors (Lipinski definition) is 2. The van der Waals surface area contributed by atoms with Crippen molar-refractivity contribution in [2.24, 2.45) is 0 Å². The summed E-state index contributed by atoms with van der Waals surface area (Å²) in [4.78, 5) is 12.5. The predicted molar refractivity (Wildman–Crippen MR) is 90.8 cm³/mol. The average molecular weight is 348 g/mol. The highest BCUT2D eigenvalue weighted by Gasteiger charge is 2.36. The fourth-order valence-corrected chi connectivity index (χ4v) is 2.98.